The van der Waals surface area contributed by atoms with Crippen LogP contribution in [-0.4, -0.2) is 72.6 Å². The summed E-state index contributed by atoms with van der Waals surface area (Å²) >= 11 is 0. The number of carboxylic acid groups (broad SMARTS) is 1. The number of piperazine rings is 1. The van der Waals surface area contributed by atoms with Gasteiger partial charge in [-0.25, -0.2) is 4.79 Å². The minimum atomic E-state index is -4.44. The zero-order valence-corrected chi connectivity index (χ0v) is 26.6. The van der Waals surface area contributed by atoms with Crippen molar-refractivity contribution in [2.24, 2.45) is 5.73 Å². The molecule has 0 spiro atoms. The Bertz CT molecular complexity index is 2130. The molecule has 0 aliphatic carbocycles. The number of aromatic carboxylic acids is 1. The van der Waals surface area contributed by atoms with Crippen molar-refractivity contribution in [3.05, 3.63) is 102 Å². The Hall–Kier alpha value is -4.61. The molecule has 5 aromatic rings. The molecule has 0 bridgehead atoms. The molecule has 0 amide bonds. The van der Waals surface area contributed by atoms with Crippen molar-refractivity contribution in [2.45, 2.75) is 11.4 Å². The average molecular weight is 683 g/mol. The van der Waals surface area contributed by atoms with Crippen LogP contribution in [-0.2, 0) is 27.0 Å². The largest absolute Gasteiger partial charge is 0.507 e. The predicted molar refractivity (Wildman–Crippen MR) is 180 cm³/mol. The van der Waals surface area contributed by atoms with E-state index in [9.17, 15) is 31.8 Å². The molecule has 248 valence electrons. The maximum absolute atomic E-state index is 11.3. The second-order valence-corrected chi connectivity index (χ2v) is 13.2. The first-order chi connectivity index (χ1) is 22.2. The van der Waals surface area contributed by atoms with Crippen molar-refractivity contribution in [2.75, 3.05) is 31.9 Å². The first kappa shape index (κ1) is 35.2. The van der Waals surface area contributed by atoms with Gasteiger partial charge in [0.25, 0.3) is 10.1 Å². The second kappa shape index (κ2) is 14.9. The molecule has 13 nitrogen and oxygen atoms in total. The third-order valence-corrected chi connectivity index (χ3v) is 9.26. The van der Waals surface area contributed by atoms with E-state index in [2.05, 4.69) is 5.32 Å². The van der Waals surface area contributed by atoms with Gasteiger partial charge < -0.3 is 27.0 Å². The molecule has 1 aliphatic rings. The number of rotatable bonds is 5. The van der Waals surface area contributed by atoms with Crippen LogP contribution < -0.4 is 16.8 Å². The van der Waals surface area contributed by atoms with Gasteiger partial charge in [0.15, 0.2) is 0 Å². The first-order valence-corrected chi connectivity index (χ1v) is 17.0. The van der Waals surface area contributed by atoms with Crippen LogP contribution in [0.15, 0.2) is 95.9 Å². The molecule has 0 aromatic heterocycles. The minimum Gasteiger partial charge on any atom is -0.507 e. The Labute approximate surface area is 271 Å². The smallest absolute Gasteiger partial charge is 0.336 e. The Morgan fingerprint density at radius 3 is 2.02 bits per heavy atom. The number of nitrogens with two attached hydrogens (primary N) is 2. The Balaban J connectivity index is 0.000000168. The van der Waals surface area contributed by atoms with E-state index in [0.717, 1.165) is 26.2 Å². The molecular weight excluding hydrogens is 649 g/mol. The van der Waals surface area contributed by atoms with Crippen molar-refractivity contribution in [1.29, 1.82) is 0 Å². The number of aromatic hydroxyl groups is 1. The number of benzene rings is 5. The summed E-state index contributed by atoms with van der Waals surface area (Å²) < 4.78 is 62.0. The maximum Gasteiger partial charge on any atom is 0.336 e. The number of phenols is 1. The fourth-order valence-corrected chi connectivity index (χ4v) is 6.49. The van der Waals surface area contributed by atoms with E-state index in [-0.39, 0.29) is 22.8 Å². The molecule has 6 rings (SSSR count). The number of carbonyl (C=O) groups is 1. The number of nitrogen functional groups attached to an aromatic ring is 1. The minimum absolute atomic E-state index is 0.0319. The average Bonchev–Trinajstić information content (AvgIpc) is 3.05. The summed E-state index contributed by atoms with van der Waals surface area (Å²) in [6.07, 6.45) is 0. The van der Waals surface area contributed by atoms with Crippen LogP contribution >= 0.6 is 0 Å². The molecule has 0 radical (unpaired) electrons. The SMILES string of the molecule is NCc1c(S(=O)(=O)O)cc2ccc(N)cc2c1O.O=C(O)c1ccccc1-c1cccc2ccccc12.O=S(=O)(O)N1CCNCC1. The lowest BCUT2D eigenvalue weighted by Gasteiger charge is -2.23. The molecular formula is C32H34N4O9S2. The molecule has 47 heavy (non-hydrogen) atoms. The van der Waals surface area contributed by atoms with Crippen molar-refractivity contribution in [3.63, 3.8) is 0 Å². The number of hydrogen-bond donors (Lipinski definition) is 7. The number of phenolic OH excluding ortho intramolecular Hbond substituents is 1. The van der Waals surface area contributed by atoms with Crippen molar-refractivity contribution in [3.8, 4) is 16.9 Å². The van der Waals surface area contributed by atoms with Gasteiger partial charge in [-0.05, 0) is 51.6 Å². The lowest BCUT2D eigenvalue weighted by molar-refractivity contribution is 0.0697. The molecule has 0 saturated carbocycles. The van der Waals surface area contributed by atoms with Gasteiger partial charge in [0.1, 0.15) is 10.6 Å². The molecule has 15 heteroatoms. The number of nitrogens with zero attached hydrogens (tertiary/aromatic N) is 1. The summed E-state index contributed by atoms with van der Waals surface area (Å²) in [6.45, 7) is 1.73. The van der Waals surface area contributed by atoms with Crippen LogP contribution in [0.2, 0.25) is 0 Å². The molecule has 9 N–H and O–H groups in total. The van der Waals surface area contributed by atoms with Gasteiger partial charge >= 0.3 is 16.3 Å². The monoisotopic (exact) mass is 682 g/mol. The van der Waals surface area contributed by atoms with Crippen molar-refractivity contribution >= 4 is 53.6 Å². The summed E-state index contributed by atoms with van der Waals surface area (Å²) in [7, 11) is -8.37. The zero-order valence-electron chi connectivity index (χ0n) is 24.9. The number of carboxylic acids is 1. The zero-order chi connectivity index (χ0) is 34.4. The summed E-state index contributed by atoms with van der Waals surface area (Å²) in [5, 5.41) is 25.3. The predicted octanol–water partition coefficient (Wildman–Crippen LogP) is 3.73. The lowest BCUT2D eigenvalue weighted by atomic mass is 9.95. The lowest BCUT2D eigenvalue weighted by Crippen LogP contribution is -2.46. The molecule has 0 unspecified atom stereocenters. The number of hydrogen-bond acceptors (Lipinski definition) is 9. The maximum atomic E-state index is 11.3. The molecule has 1 aliphatic heterocycles. The van der Waals surface area contributed by atoms with Crippen LogP contribution in [0.3, 0.4) is 0 Å². The van der Waals surface area contributed by atoms with Crippen LogP contribution in [0.25, 0.3) is 32.7 Å². The van der Waals surface area contributed by atoms with E-state index in [1.54, 1.807) is 24.3 Å². The van der Waals surface area contributed by atoms with Gasteiger partial charge in [-0.2, -0.15) is 21.1 Å². The molecule has 1 saturated heterocycles. The third kappa shape index (κ3) is 8.60. The normalized spacial score (nSPS) is 13.7. The highest BCUT2D eigenvalue weighted by molar-refractivity contribution is 7.86. The third-order valence-electron chi connectivity index (χ3n) is 7.32. The van der Waals surface area contributed by atoms with Crippen LogP contribution in [0.1, 0.15) is 15.9 Å². The topological polar surface area (TPSA) is 234 Å². The molecule has 5 aromatic carbocycles. The van der Waals surface area contributed by atoms with Gasteiger partial charge in [-0.15, -0.1) is 0 Å². The summed E-state index contributed by atoms with van der Waals surface area (Å²) in [5.74, 6) is -1.18. The van der Waals surface area contributed by atoms with E-state index in [1.807, 2.05) is 54.6 Å². The molecule has 1 heterocycles. The van der Waals surface area contributed by atoms with E-state index in [4.69, 9.17) is 20.6 Å². The van der Waals surface area contributed by atoms with Gasteiger partial charge in [0.05, 0.1) is 5.56 Å². The van der Waals surface area contributed by atoms with Crippen LogP contribution in [0, 0.1) is 0 Å². The summed E-state index contributed by atoms with van der Waals surface area (Å²) in [6, 6.07) is 26.9. The number of anilines is 1. The van der Waals surface area contributed by atoms with E-state index < -0.39 is 26.4 Å². The highest BCUT2D eigenvalue weighted by Crippen LogP contribution is 2.35. The Morgan fingerprint density at radius 2 is 1.40 bits per heavy atom. The van der Waals surface area contributed by atoms with Crippen LogP contribution in [0.5, 0.6) is 5.75 Å². The van der Waals surface area contributed by atoms with E-state index in [0.29, 0.717) is 48.2 Å². The quantitative estimate of drug-likeness (QED) is 0.104. The van der Waals surface area contributed by atoms with Gasteiger partial charge in [0, 0.05) is 49.4 Å². The highest BCUT2D eigenvalue weighted by atomic mass is 32.2. The second-order valence-electron chi connectivity index (χ2n) is 10.4. The Morgan fingerprint density at radius 1 is 0.787 bits per heavy atom. The summed E-state index contributed by atoms with van der Waals surface area (Å²) in [5.41, 5.74) is 13.5. The Kier molecular flexibility index (Phi) is 11.2. The molecule has 1 fully saturated rings. The van der Waals surface area contributed by atoms with Crippen LogP contribution in [0.4, 0.5) is 5.69 Å². The highest BCUT2D eigenvalue weighted by Gasteiger charge is 2.21. The standard InChI is InChI=1S/C17H12O2.C11H12N2O4S.C4H10N2O3S/c18-17(19)16-10-4-3-9-15(16)14-11-5-7-12-6-1-2-8-13(12)14;12-5-9-10(18(15,16)17)3-6-1-2-7(13)4-8(6)11(9)14;7-10(8,9)6-3-1-5-2-4-6/h1-11H,(H,18,19);1-4,14H,5,12-13H2,(H,15,16,17);5H,1-4H2,(H,7,8,9). The summed E-state index contributed by atoms with van der Waals surface area (Å²) in [4.78, 5) is 10.9. The first-order valence-electron chi connectivity index (χ1n) is 14.2. The fourth-order valence-electron chi connectivity index (χ4n) is 5.08. The van der Waals surface area contributed by atoms with E-state index >= 15 is 0 Å². The number of fused-ring (bicyclic) bond motifs is 2. The van der Waals surface area contributed by atoms with E-state index in [1.165, 1.54) is 12.1 Å². The molecule has 0 atom stereocenters. The van der Waals surface area contributed by atoms with Crippen molar-refractivity contribution in [1.82, 2.24) is 9.62 Å². The van der Waals surface area contributed by atoms with Gasteiger partial charge in [-0.1, -0.05) is 66.7 Å². The fraction of sp³-hybridized carbons (Fsp3) is 0.156. The van der Waals surface area contributed by atoms with Gasteiger partial charge in [0.2, 0.25) is 0 Å². The number of nitrogens with one attached hydrogen (secondary N) is 1. The van der Waals surface area contributed by atoms with Gasteiger partial charge in [-0.3, -0.25) is 9.11 Å². The van der Waals surface area contributed by atoms with Crippen molar-refractivity contribution < 1.29 is 40.9 Å².